The zero-order chi connectivity index (χ0) is 37.3. The number of carbonyl (C=O) groups is 2. The molecule has 1 unspecified atom stereocenters. The minimum absolute atomic E-state index is 0.0881. The van der Waals surface area contributed by atoms with Gasteiger partial charge >= 0.3 is 6.09 Å². The summed E-state index contributed by atoms with van der Waals surface area (Å²) in [6, 6.07) is 30.7. The molecule has 0 aliphatic carbocycles. The third-order valence-corrected chi connectivity index (χ3v) is 10.9. The van der Waals surface area contributed by atoms with Crippen molar-refractivity contribution >= 4 is 57.5 Å². The minimum atomic E-state index is -0.384. The lowest BCUT2D eigenvalue weighted by Crippen LogP contribution is -2.50. The molecular formula is C42H37Cl2N7O3. The maximum Gasteiger partial charge on any atom is 0.410 e. The number of carbonyl (C=O) groups excluding carboxylic acids is 2. The van der Waals surface area contributed by atoms with Crippen LogP contribution < -0.4 is 10.2 Å². The number of benzene rings is 4. The number of anilines is 2. The first-order chi connectivity index (χ1) is 26.3. The summed E-state index contributed by atoms with van der Waals surface area (Å²) in [4.78, 5) is 39.6. The number of aromatic amines is 1. The topological polar surface area (TPSA) is 119 Å². The maximum atomic E-state index is 14.8. The van der Waals surface area contributed by atoms with Crippen LogP contribution in [0.3, 0.4) is 0 Å². The molecule has 54 heavy (non-hydrogen) atoms. The smallest absolute Gasteiger partial charge is 0.410 e. The second kappa shape index (κ2) is 14.9. The molecule has 0 bridgehead atoms. The normalized spacial score (nSPS) is 15.6. The van der Waals surface area contributed by atoms with Gasteiger partial charge in [-0.2, -0.15) is 5.26 Å². The van der Waals surface area contributed by atoms with Crippen LogP contribution in [0, 0.1) is 11.3 Å². The number of fused-ring (bicyclic) bond motifs is 1. The van der Waals surface area contributed by atoms with Gasteiger partial charge < -0.3 is 29.4 Å². The number of cyclic esters (lactones) is 1. The molecule has 0 radical (unpaired) electrons. The van der Waals surface area contributed by atoms with Crippen molar-refractivity contribution in [3.8, 4) is 28.6 Å². The number of aromatic nitrogens is 3. The summed E-state index contributed by atoms with van der Waals surface area (Å²) >= 11 is 12.8. The Kier molecular flexibility index (Phi) is 9.76. The molecule has 0 saturated carbocycles. The van der Waals surface area contributed by atoms with Crippen LogP contribution in [-0.2, 0) is 4.74 Å². The monoisotopic (exact) mass is 757 g/mol. The van der Waals surface area contributed by atoms with Crippen LogP contribution in [0.25, 0.3) is 33.4 Å². The molecule has 2 N–H and O–H groups in total. The molecule has 8 rings (SSSR count). The van der Waals surface area contributed by atoms with Gasteiger partial charge in [-0.3, -0.25) is 4.79 Å². The van der Waals surface area contributed by atoms with Gasteiger partial charge in [0.1, 0.15) is 5.69 Å². The summed E-state index contributed by atoms with van der Waals surface area (Å²) < 4.78 is 7.39. The molecule has 10 nitrogen and oxygen atoms in total. The third-order valence-electron chi connectivity index (χ3n) is 10.5. The van der Waals surface area contributed by atoms with Crippen molar-refractivity contribution in [1.82, 2.24) is 19.4 Å². The second-order valence-electron chi connectivity index (χ2n) is 13.7. The molecule has 1 atom stereocenters. The number of H-pyrrole nitrogens is 1. The molecule has 2 fully saturated rings. The highest BCUT2D eigenvalue weighted by Gasteiger charge is 2.32. The molecule has 4 heterocycles. The van der Waals surface area contributed by atoms with E-state index in [0.717, 1.165) is 47.2 Å². The fraction of sp³-hybridized carbons (Fsp3) is 0.238. The van der Waals surface area contributed by atoms with Crippen molar-refractivity contribution in [3.05, 3.63) is 124 Å². The van der Waals surface area contributed by atoms with E-state index < -0.39 is 0 Å². The number of ether oxygens (including phenoxy) is 1. The standard InChI is InChI=1S/C42H37Cl2N7O3/c1-26(28-9-11-30(43)12-10-28)51-25-46-38(29-6-3-2-4-7-29)40(51)37-33-14-13-31(44)23-34(33)47-39(37)41(52)48-35-22-27(24-45)8-15-36(35)49-19-16-32(17-20-49)50-18-5-21-54-42(50)53/h2-4,6-15,22-23,25-26,32,47H,5,16-21H2,1H3,(H,48,52). The fourth-order valence-electron chi connectivity index (χ4n) is 7.68. The van der Waals surface area contributed by atoms with Gasteiger partial charge in [-0.25, -0.2) is 9.78 Å². The fourth-order valence-corrected chi connectivity index (χ4v) is 7.98. The first kappa shape index (κ1) is 35.3. The molecule has 6 aromatic rings. The number of rotatable bonds is 8. The van der Waals surface area contributed by atoms with E-state index in [1.807, 2.05) is 90.1 Å². The molecule has 2 aliphatic rings. The van der Waals surface area contributed by atoms with E-state index in [0.29, 0.717) is 70.0 Å². The number of imidazole rings is 1. The number of nitrogens with one attached hydrogen (secondary N) is 2. The lowest BCUT2D eigenvalue weighted by atomic mass is 9.99. The van der Waals surface area contributed by atoms with Gasteiger partial charge in [-0.05, 0) is 74.2 Å². The van der Waals surface area contributed by atoms with Crippen molar-refractivity contribution in [2.24, 2.45) is 0 Å². The molecule has 4 aromatic carbocycles. The van der Waals surface area contributed by atoms with Gasteiger partial charge in [0.25, 0.3) is 5.91 Å². The van der Waals surface area contributed by atoms with Crippen LogP contribution in [-0.4, -0.2) is 63.7 Å². The van der Waals surface area contributed by atoms with Crippen LogP contribution >= 0.6 is 23.2 Å². The number of halogens is 2. The summed E-state index contributed by atoms with van der Waals surface area (Å²) in [6.45, 7) is 4.59. The average molecular weight is 759 g/mol. The Morgan fingerprint density at radius 3 is 2.48 bits per heavy atom. The Balaban J connectivity index is 1.20. The van der Waals surface area contributed by atoms with Crippen molar-refractivity contribution in [3.63, 3.8) is 0 Å². The first-order valence-electron chi connectivity index (χ1n) is 18.0. The van der Waals surface area contributed by atoms with Crippen molar-refractivity contribution in [2.45, 2.75) is 38.3 Å². The average Bonchev–Trinajstić information content (AvgIpc) is 3.80. The Bertz CT molecular complexity index is 2390. The Hall–Kier alpha value is -5.76. The van der Waals surface area contributed by atoms with Crippen LogP contribution in [0.1, 0.15) is 53.8 Å². The first-order valence-corrected chi connectivity index (χ1v) is 18.8. The van der Waals surface area contributed by atoms with Gasteiger partial charge in [0.15, 0.2) is 0 Å². The lowest BCUT2D eigenvalue weighted by molar-refractivity contribution is 0.0499. The van der Waals surface area contributed by atoms with Crippen LogP contribution in [0.5, 0.6) is 0 Å². The van der Waals surface area contributed by atoms with Gasteiger partial charge in [-0.15, -0.1) is 0 Å². The minimum Gasteiger partial charge on any atom is -0.449 e. The summed E-state index contributed by atoms with van der Waals surface area (Å²) in [7, 11) is 0. The molecule has 0 spiro atoms. The van der Waals surface area contributed by atoms with Gasteiger partial charge in [-0.1, -0.05) is 71.7 Å². The van der Waals surface area contributed by atoms with Crippen LogP contribution in [0.15, 0.2) is 97.3 Å². The van der Waals surface area contributed by atoms with Crippen LogP contribution in [0.2, 0.25) is 10.0 Å². The molecule has 2 aliphatic heterocycles. The summed E-state index contributed by atoms with van der Waals surface area (Å²) in [5, 5.41) is 15.0. The molecule has 272 valence electrons. The molecule has 12 heteroatoms. The zero-order valence-corrected chi connectivity index (χ0v) is 31.1. The van der Waals surface area contributed by atoms with Crippen molar-refractivity contribution in [1.29, 1.82) is 5.26 Å². The Morgan fingerprint density at radius 1 is 0.981 bits per heavy atom. The molecule has 2 saturated heterocycles. The number of nitriles is 1. The van der Waals surface area contributed by atoms with Crippen LogP contribution in [0.4, 0.5) is 16.2 Å². The Labute approximate surface area is 322 Å². The van der Waals surface area contributed by atoms with Gasteiger partial charge in [0.2, 0.25) is 0 Å². The molecular weight excluding hydrogens is 721 g/mol. The zero-order valence-electron chi connectivity index (χ0n) is 29.6. The highest BCUT2D eigenvalue weighted by molar-refractivity contribution is 6.31. The van der Waals surface area contributed by atoms with E-state index in [-0.39, 0.29) is 24.1 Å². The SMILES string of the molecule is CC(c1ccc(Cl)cc1)n1cnc(-c2ccccc2)c1-c1c(C(=O)Nc2cc(C#N)ccc2N2CCC(N3CCCOC3=O)CC2)[nH]c2cc(Cl)ccc12. The predicted octanol–water partition coefficient (Wildman–Crippen LogP) is 9.55. The maximum absolute atomic E-state index is 14.8. The largest absolute Gasteiger partial charge is 0.449 e. The molecule has 2 aromatic heterocycles. The summed E-state index contributed by atoms with van der Waals surface area (Å²) in [5.74, 6) is -0.384. The van der Waals surface area contributed by atoms with E-state index in [9.17, 15) is 14.9 Å². The van der Waals surface area contributed by atoms with Crippen molar-refractivity contribution in [2.75, 3.05) is 36.5 Å². The Morgan fingerprint density at radius 2 is 1.74 bits per heavy atom. The highest BCUT2D eigenvalue weighted by atomic mass is 35.5. The highest BCUT2D eigenvalue weighted by Crippen LogP contribution is 2.42. The third kappa shape index (κ3) is 6.77. The number of nitrogens with zero attached hydrogens (tertiary/aromatic N) is 5. The number of amides is 2. The van der Waals surface area contributed by atoms with Gasteiger partial charge in [0.05, 0.1) is 53.4 Å². The van der Waals surface area contributed by atoms with E-state index in [4.69, 9.17) is 32.9 Å². The van der Waals surface area contributed by atoms with E-state index in [1.165, 1.54) is 0 Å². The summed E-state index contributed by atoms with van der Waals surface area (Å²) in [5.41, 5.74) is 6.81. The second-order valence-corrected chi connectivity index (χ2v) is 14.6. The number of hydrogen-bond acceptors (Lipinski definition) is 6. The van der Waals surface area contributed by atoms with Crippen molar-refractivity contribution < 1.29 is 14.3 Å². The van der Waals surface area contributed by atoms with E-state index in [1.54, 1.807) is 12.1 Å². The van der Waals surface area contributed by atoms with E-state index in [2.05, 4.69) is 32.8 Å². The summed E-state index contributed by atoms with van der Waals surface area (Å²) in [6.07, 6.45) is 3.91. The number of piperidine rings is 1. The van der Waals surface area contributed by atoms with Gasteiger partial charge in [0, 0.05) is 57.8 Å². The molecule has 2 amide bonds. The van der Waals surface area contributed by atoms with E-state index >= 15 is 0 Å². The lowest BCUT2D eigenvalue weighted by Gasteiger charge is -2.40. The predicted molar refractivity (Wildman–Crippen MR) is 212 cm³/mol. The number of hydrogen-bond donors (Lipinski definition) is 2. The quantitative estimate of drug-likeness (QED) is 0.160.